The molecule has 0 fully saturated rings. The molecule has 2 N–H and O–H groups in total. The van der Waals surface area contributed by atoms with Crippen molar-refractivity contribution in [1.82, 2.24) is 9.55 Å². The van der Waals surface area contributed by atoms with Gasteiger partial charge in [-0.2, -0.15) is 0 Å². The number of benzene rings is 2. The SMILES string of the molecule is COc1cc(-n2c(N)nc3cc(I)ccc32)c(Br)cc1Br. The number of hydrogen-bond donors (Lipinski definition) is 1. The topological polar surface area (TPSA) is 53.1 Å². The number of methoxy groups -OCH3 is 1. The van der Waals surface area contributed by atoms with Crippen LogP contribution in [0.25, 0.3) is 16.7 Å². The van der Waals surface area contributed by atoms with Crippen molar-refractivity contribution in [2.45, 2.75) is 0 Å². The highest BCUT2D eigenvalue weighted by Crippen LogP contribution is 2.36. The zero-order valence-electron chi connectivity index (χ0n) is 10.9. The van der Waals surface area contributed by atoms with Gasteiger partial charge in [0.05, 0.1) is 28.3 Å². The number of imidazole rings is 1. The van der Waals surface area contributed by atoms with Crippen LogP contribution in [0, 0.1) is 3.57 Å². The van der Waals surface area contributed by atoms with Gasteiger partial charge in [0.1, 0.15) is 5.75 Å². The van der Waals surface area contributed by atoms with Crippen molar-refractivity contribution in [2.24, 2.45) is 0 Å². The molecule has 0 saturated carbocycles. The van der Waals surface area contributed by atoms with Gasteiger partial charge in [0.15, 0.2) is 0 Å². The first-order valence-corrected chi connectivity index (χ1v) is 8.64. The predicted octanol–water partition coefficient (Wildman–Crippen LogP) is 4.75. The van der Waals surface area contributed by atoms with Crippen molar-refractivity contribution in [2.75, 3.05) is 12.8 Å². The summed E-state index contributed by atoms with van der Waals surface area (Å²) in [6.07, 6.45) is 0. The first kappa shape index (κ1) is 15.1. The van der Waals surface area contributed by atoms with Crippen LogP contribution >= 0.6 is 54.5 Å². The fraction of sp³-hybridized carbons (Fsp3) is 0.0714. The molecular formula is C14H10Br2IN3O. The van der Waals surface area contributed by atoms with E-state index < -0.39 is 0 Å². The van der Waals surface area contributed by atoms with Gasteiger partial charge in [-0.15, -0.1) is 0 Å². The van der Waals surface area contributed by atoms with Gasteiger partial charge in [-0.25, -0.2) is 4.98 Å². The highest BCUT2D eigenvalue weighted by atomic mass is 127. The van der Waals surface area contributed by atoms with Crippen molar-refractivity contribution in [3.05, 3.63) is 42.8 Å². The van der Waals surface area contributed by atoms with E-state index in [1.807, 2.05) is 34.9 Å². The number of nitrogen functional groups attached to an aromatic ring is 1. The summed E-state index contributed by atoms with van der Waals surface area (Å²) in [6.45, 7) is 0. The Morgan fingerprint density at radius 2 is 1.95 bits per heavy atom. The lowest BCUT2D eigenvalue weighted by Crippen LogP contribution is -2.02. The van der Waals surface area contributed by atoms with Crippen LogP contribution in [0.2, 0.25) is 0 Å². The van der Waals surface area contributed by atoms with Crippen LogP contribution in [-0.4, -0.2) is 16.7 Å². The monoisotopic (exact) mass is 521 g/mol. The highest BCUT2D eigenvalue weighted by Gasteiger charge is 2.15. The first-order chi connectivity index (χ1) is 10.0. The number of anilines is 1. The van der Waals surface area contributed by atoms with E-state index in [9.17, 15) is 0 Å². The number of aromatic nitrogens is 2. The van der Waals surface area contributed by atoms with Crippen molar-refractivity contribution in [3.63, 3.8) is 0 Å². The lowest BCUT2D eigenvalue weighted by Gasteiger charge is -2.12. The Morgan fingerprint density at radius 3 is 2.67 bits per heavy atom. The molecule has 0 unspecified atom stereocenters. The van der Waals surface area contributed by atoms with Gasteiger partial charge in [-0.3, -0.25) is 4.57 Å². The maximum Gasteiger partial charge on any atom is 0.205 e. The number of nitrogens with two attached hydrogens (primary N) is 1. The van der Waals surface area contributed by atoms with Crippen LogP contribution in [0.15, 0.2) is 39.3 Å². The molecule has 21 heavy (non-hydrogen) atoms. The third kappa shape index (κ3) is 2.66. The summed E-state index contributed by atoms with van der Waals surface area (Å²) in [5, 5.41) is 0. The molecule has 4 nitrogen and oxygen atoms in total. The Morgan fingerprint density at radius 1 is 1.19 bits per heavy atom. The molecule has 7 heteroatoms. The van der Waals surface area contributed by atoms with Crippen LogP contribution in [0.3, 0.4) is 0 Å². The minimum absolute atomic E-state index is 0.442. The second-order valence-electron chi connectivity index (χ2n) is 4.38. The van der Waals surface area contributed by atoms with Crippen LogP contribution in [-0.2, 0) is 0 Å². The van der Waals surface area contributed by atoms with Crippen molar-refractivity contribution < 1.29 is 4.74 Å². The zero-order valence-corrected chi connectivity index (χ0v) is 16.2. The Hall–Kier alpha value is -0.800. The molecule has 0 spiro atoms. The van der Waals surface area contributed by atoms with Crippen LogP contribution in [0.5, 0.6) is 5.75 Å². The second-order valence-corrected chi connectivity index (χ2v) is 7.33. The van der Waals surface area contributed by atoms with Gasteiger partial charge < -0.3 is 10.5 Å². The van der Waals surface area contributed by atoms with Crippen molar-refractivity contribution >= 4 is 71.4 Å². The maximum atomic E-state index is 6.11. The second kappa shape index (κ2) is 5.77. The summed E-state index contributed by atoms with van der Waals surface area (Å²) in [4.78, 5) is 4.43. The largest absolute Gasteiger partial charge is 0.495 e. The van der Waals surface area contributed by atoms with Crippen LogP contribution in [0.1, 0.15) is 0 Å². The number of hydrogen-bond acceptors (Lipinski definition) is 3. The third-order valence-electron chi connectivity index (χ3n) is 3.10. The molecular weight excluding hydrogens is 513 g/mol. The molecule has 2 aromatic carbocycles. The Labute approximate surface area is 152 Å². The molecule has 0 aliphatic carbocycles. The highest BCUT2D eigenvalue weighted by molar-refractivity contribution is 14.1. The Kier molecular flexibility index (Phi) is 4.15. The van der Waals surface area contributed by atoms with Gasteiger partial charge in [-0.05, 0) is 78.7 Å². The molecule has 0 bridgehead atoms. The molecule has 0 aliphatic rings. The van der Waals surface area contributed by atoms with Crippen molar-refractivity contribution in [3.8, 4) is 11.4 Å². The zero-order chi connectivity index (χ0) is 15.1. The normalized spacial score (nSPS) is 11.0. The first-order valence-electron chi connectivity index (χ1n) is 5.98. The molecule has 1 heterocycles. The molecule has 3 aromatic rings. The number of halogens is 3. The summed E-state index contributed by atoms with van der Waals surface area (Å²) in [6, 6.07) is 9.91. The average molecular weight is 523 g/mol. The molecule has 0 saturated heterocycles. The van der Waals surface area contributed by atoms with Gasteiger partial charge in [0.2, 0.25) is 5.95 Å². The van der Waals surface area contributed by atoms with E-state index in [2.05, 4.69) is 59.4 Å². The van der Waals surface area contributed by atoms with Crippen molar-refractivity contribution in [1.29, 1.82) is 0 Å². The Bertz CT molecular complexity index is 848. The molecule has 108 valence electrons. The smallest absolute Gasteiger partial charge is 0.205 e. The van der Waals surface area contributed by atoms with E-state index in [1.54, 1.807) is 7.11 Å². The predicted molar refractivity (Wildman–Crippen MR) is 100 cm³/mol. The summed E-state index contributed by atoms with van der Waals surface area (Å²) in [5.74, 6) is 1.18. The van der Waals surface area contributed by atoms with E-state index in [1.165, 1.54) is 0 Å². The molecule has 0 radical (unpaired) electrons. The molecule has 1 aromatic heterocycles. The fourth-order valence-electron chi connectivity index (χ4n) is 2.17. The number of rotatable bonds is 2. The van der Waals surface area contributed by atoms with E-state index in [-0.39, 0.29) is 0 Å². The summed E-state index contributed by atoms with van der Waals surface area (Å²) in [5.41, 5.74) is 8.82. The Balaban J connectivity index is 2.32. The minimum Gasteiger partial charge on any atom is -0.495 e. The maximum absolute atomic E-state index is 6.11. The summed E-state index contributed by atoms with van der Waals surface area (Å²) in [7, 11) is 1.63. The molecule has 0 aliphatic heterocycles. The molecule has 0 atom stereocenters. The lowest BCUT2D eigenvalue weighted by molar-refractivity contribution is 0.412. The van der Waals surface area contributed by atoms with Gasteiger partial charge in [0, 0.05) is 14.1 Å². The van der Waals surface area contributed by atoms with E-state index in [0.29, 0.717) is 5.95 Å². The minimum atomic E-state index is 0.442. The summed E-state index contributed by atoms with van der Waals surface area (Å²) < 4.78 is 10.2. The number of ether oxygens (including phenoxy) is 1. The van der Waals surface area contributed by atoms with E-state index in [4.69, 9.17) is 10.5 Å². The molecule has 0 amide bonds. The third-order valence-corrected chi connectivity index (χ3v) is 5.03. The van der Waals surface area contributed by atoms with Crippen LogP contribution < -0.4 is 10.5 Å². The van der Waals surface area contributed by atoms with Gasteiger partial charge >= 0.3 is 0 Å². The lowest BCUT2D eigenvalue weighted by atomic mass is 10.2. The quantitative estimate of drug-likeness (QED) is 0.494. The van der Waals surface area contributed by atoms with Crippen LogP contribution in [0.4, 0.5) is 5.95 Å². The standard InChI is InChI=1S/C14H10Br2IN3O/c1-21-13-6-12(8(15)5-9(13)16)20-11-3-2-7(17)4-10(11)19-14(20)18/h2-6H,1H3,(H2,18,19). The fourth-order valence-corrected chi connectivity index (χ4v) is 3.98. The average Bonchev–Trinajstić information content (AvgIpc) is 2.74. The number of nitrogens with zero attached hydrogens (tertiary/aromatic N) is 2. The summed E-state index contributed by atoms with van der Waals surface area (Å²) >= 11 is 9.31. The van der Waals surface area contributed by atoms with E-state index >= 15 is 0 Å². The molecule has 3 rings (SSSR count). The van der Waals surface area contributed by atoms with Gasteiger partial charge in [-0.1, -0.05) is 0 Å². The van der Waals surface area contributed by atoms with E-state index in [0.717, 1.165) is 35.0 Å². The number of fused-ring (bicyclic) bond motifs is 1. The van der Waals surface area contributed by atoms with Gasteiger partial charge in [0.25, 0.3) is 0 Å².